The minimum absolute atomic E-state index is 0.0369. The van der Waals surface area contributed by atoms with E-state index in [0.717, 1.165) is 12.1 Å². The molecule has 0 bridgehead atoms. The number of hydrogen-bond acceptors (Lipinski definition) is 6. The molecule has 1 aliphatic heterocycles. The van der Waals surface area contributed by atoms with Gasteiger partial charge in [-0.15, -0.1) is 0 Å². The molecule has 16 heteroatoms. The average Bonchev–Trinajstić information content (AvgIpc) is 3.56. The van der Waals surface area contributed by atoms with Crippen molar-refractivity contribution in [2.75, 3.05) is 26.2 Å². The number of amides is 1. The van der Waals surface area contributed by atoms with Gasteiger partial charge in [-0.1, -0.05) is 12.1 Å². The predicted octanol–water partition coefficient (Wildman–Crippen LogP) is 5.71. The predicted molar refractivity (Wildman–Crippen MR) is 119 cm³/mol. The fourth-order valence-electron chi connectivity index (χ4n) is 3.90. The zero-order valence-corrected chi connectivity index (χ0v) is 21.6. The molecule has 1 saturated carbocycles. The third-order valence-electron chi connectivity index (χ3n) is 6.01. The van der Waals surface area contributed by atoms with Crippen LogP contribution in [0.4, 0.5) is 44.3 Å². The van der Waals surface area contributed by atoms with Crippen LogP contribution in [0.1, 0.15) is 44.7 Å². The first-order valence-corrected chi connectivity index (χ1v) is 12.1. The molecule has 1 saturated heterocycles. The number of halogens is 9. The van der Waals surface area contributed by atoms with E-state index < -0.39 is 59.2 Å². The maximum Gasteiger partial charge on any atom is 0.434 e. The molecule has 226 valence electrons. The van der Waals surface area contributed by atoms with Crippen molar-refractivity contribution in [2.24, 2.45) is 0 Å². The summed E-state index contributed by atoms with van der Waals surface area (Å²) in [5.74, 6) is -1.40. The summed E-state index contributed by atoms with van der Waals surface area (Å²) in [4.78, 5) is 26.9. The number of hydrogen-bond donors (Lipinski definition) is 0. The highest BCUT2D eigenvalue weighted by atomic mass is 19.4. The molecule has 1 aromatic carbocycles. The number of ether oxygens (including phenoxy) is 3. The fraction of sp³-hybridized carbons (Fsp3) is 0.667. The van der Waals surface area contributed by atoms with Crippen molar-refractivity contribution in [1.29, 1.82) is 0 Å². The van der Waals surface area contributed by atoms with Crippen LogP contribution in [0.15, 0.2) is 18.2 Å². The Hall–Kier alpha value is -2.91. The molecule has 1 aliphatic carbocycles. The van der Waals surface area contributed by atoms with E-state index in [2.05, 4.69) is 4.74 Å². The van der Waals surface area contributed by atoms with Crippen molar-refractivity contribution >= 4 is 12.1 Å². The second-order valence-electron chi connectivity index (χ2n) is 10.5. The van der Waals surface area contributed by atoms with Gasteiger partial charge in [0.15, 0.2) is 0 Å². The lowest BCUT2D eigenvalue weighted by atomic mass is 10.1. The molecule has 0 spiro atoms. The summed E-state index contributed by atoms with van der Waals surface area (Å²) in [6.07, 6.45) is -22.4. The number of piperazine rings is 1. The maximum atomic E-state index is 13.9. The molecule has 1 aromatic rings. The van der Waals surface area contributed by atoms with Gasteiger partial charge in [0, 0.05) is 51.1 Å². The first-order chi connectivity index (χ1) is 18.1. The number of esters is 1. The summed E-state index contributed by atoms with van der Waals surface area (Å²) < 4.78 is 133. The SMILES string of the molecule is CC(C)(C)OC(=O)C1(Oc2c(CN3CCN(C(=O)OC(C(F)(F)F)C(F)(F)F)CC3)cccc2C(F)(F)F)CC1. The number of rotatable bonds is 6. The Balaban J connectivity index is 1.73. The molecule has 0 unspecified atom stereocenters. The van der Waals surface area contributed by atoms with Crippen molar-refractivity contribution < 1.29 is 63.3 Å². The van der Waals surface area contributed by atoms with Gasteiger partial charge in [-0.05, 0) is 26.8 Å². The quantitative estimate of drug-likeness (QED) is 0.311. The first-order valence-electron chi connectivity index (χ1n) is 12.1. The highest BCUT2D eigenvalue weighted by molar-refractivity contribution is 5.84. The van der Waals surface area contributed by atoms with Gasteiger partial charge in [0.05, 0.1) is 5.56 Å². The van der Waals surface area contributed by atoms with E-state index in [1.165, 1.54) is 11.0 Å². The summed E-state index contributed by atoms with van der Waals surface area (Å²) >= 11 is 0. The second-order valence-corrected chi connectivity index (χ2v) is 10.5. The van der Waals surface area contributed by atoms with Gasteiger partial charge in [-0.2, -0.15) is 39.5 Å². The van der Waals surface area contributed by atoms with Gasteiger partial charge >= 0.3 is 30.6 Å². The highest BCUT2D eigenvalue weighted by Crippen LogP contribution is 2.47. The number of nitrogens with zero attached hydrogens (tertiary/aromatic N) is 2. The molecule has 0 atom stereocenters. The van der Waals surface area contributed by atoms with Crippen LogP contribution in [-0.2, 0) is 27.0 Å². The van der Waals surface area contributed by atoms with E-state index >= 15 is 0 Å². The van der Waals surface area contributed by atoms with Crippen molar-refractivity contribution in [3.05, 3.63) is 29.3 Å². The summed E-state index contributed by atoms with van der Waals surface area (Å²) in [6.45, 7) is 3.69. The largest absolute Gasteiger partial charge is 0.475 e. The molecule has 1 amide bonds. The van der Waals surface area contributed by atoms with E-state index in [0.29, 0.717) is 4.90 Å². The van der Waals surface area contributed by atoms with Crippen molar-refractivity contribution in [3.63, 3.8) is 0 Å². The van der Waals surface area contributed by atoms with Crippen LogP contribution in [0.25, 0.3) is 0 Å². The molecular weight excluding hydrogens is 567 g/mol. The van der Waals surface area contributed by atoms with Crippen LogP contribution in [0.3, 0.4) is 0 Å². The Morgan fingerprint density at radius 1 is 0.900 bits per heavy atom. The third-order valence-corrected chi connectivity index (χ3v) is 6.01. The minimum atomic E-state index is -5.87. The van der Waals surface area contributed by atoms with E-state index in [4.69, 9.17) is 9.47 Å². The van der Waals surface area contributed by atoms with Crippen molar-refractivity contribution in [2.45, 2.75) is 76.0 Å². The van der Waals surface area contributed by atoms with Gasteiger partial charge in [0.25, 0.3) is 6.10 Å². The Bertz CT molecular complexity index is 1070. The summed E-state index contributed by atoms with van der Waals surface area (Å²) in [5.41, 5.74) is -3.61. The molecule has 2 fully saturated rings. The number of benzene rings is 1. The number of carbonyl (C=O) groups excluding carboxylic acids is 2. The van der Waals surface area contributed by atoms with Gasteiger partial charge in [-0.25, -0.2) is 9.59 Å². The van der Waals surface area contributed by atoms with Crippen molar-refractivity contribution in [3.8, 4) is 5.75 Å². The number of carbonyl (C=O) groups is 2. The number of para-hydroxylation sites is 1. The molecule has 0 radical (unpaired) electrons. The van der Waals surface area contributed by atoms with Gasteiger partial charge < -0.3 is 19.1 Å². The zero-order chi connectivity index (χ0) is 30.3. The lowest BCUT2D eigenvalue weighted by Crippen LogP contribution is -2.52. The molecule has 0 N–H and O–H groups in total. The van der Waals surface area contributed by atoms with E-state index in [-0.39, 0.29) is 51.1 Å². The normalized spacial score (nSPS) is 18.5. The fourth-order valence-corrected chi connectivity index (χ4v) is 3.90. The summed E-state index contributed by atoms with van der Waals surface area (Å²) in [5, 5.41) is 0. The smallest absolute Gasteiger partial charge is 0.434 e. The van der Waals surface area contributed by atoms with Gasteiger partial charge in [0.1, 0.15) is 11.4 Å². The van der Waals surface area contributed by atoms with Gasteiger partial charge in [-0.3, -0.25) is 4.90 Å². The highest BCUT2D eigenvalue weighted by Gasteiger charge is 2.60. The minimum Gasteiger partial charge on any atom is -0.475 e. The first kappa shape index (κ1) is 31.6. The Morgan fingerprint density at radius 3 is 1.90 bits per heavy atom. The molecule has 7 nitrogen and oxygen atoms in total. The Morgan fingerprint density at radius 2 is 1.45 bits per heavy atom. The number of alkyl halides is 9. The topological polar surface area (TPSA) is 68.3 Å². The van der Waals surface area contributed by atoms with Crippen LogP contribution in [0.2, 0.25) is 0 Å². The molecule has 3 rings (SSSR count). The molecule has 40 heavy (non-hydrogen) atoms. The third kappa shape index (κ3) is 7.85. The zero-order valence-electron chi connectivity index (χ0n) is 21.6. The Kier molecular flexibility index (Phi) is 8.55. The van der Waals surface area contributed by atoms with E-state index in [1.54, 1.807) is 20.8 Å². The van der Waals surface area contributed by atoms with Gasteiger partial charge in [0.2, 0.25) is 5.60 Å². The van der Waals surface area contributed by atoms with Crippen molar-refractivity contribution in [1.82, 2.24) is 9.80 Å². The van der Waals surface area contributed by atoms with Crippen LogP contribution in [0, 0.1) is 0 Å². The molecule has 2 aliphatic rings. The van der Waals surface area contributed by atoms with Crippen LogP contribution in [0.5, 0.6) is 5.75 Å². The standard InChI is InChI=1S/C24H27F9N2O5/c1-20(2,3)40-18(36)21(7-8-21)39-16-14(5-4-6-15(16)22(25,26)27)13-34-9-11-35(12-10-34)19(37)38-17(23(28,29)30)24(31,32)33/h4-6,17H,7-13H2,1-3H3. The average molecular weight is 594 g/mol. The molecular formula is C24H27F9N2O5. The van der Waals surface area contributed by atoms with Crippen LogP contribution < -0.4 is 4.74 Å². The lowest BCUT2D eigenvalue weighted by molar-refractivity contribution is -0.308. The lowest BCUT2D eigenvalue weighted by Gasteiger charge is -2.35. The maximum absolute atomic E-state index is 13.9. The Labute approximate surface area is 223 Å². The molecule has 1 heterocycles. The monoisotopic (exact) mass is 594 g/mol. The van der Waals surface area contributed by atoms with Crippen LogP contribution >= 0.6 is 0 Å². The van der Waals surface area contributed by atoms with E-state index in [9.17, 15) is 49.1 Å². The summed E-state index contributed by atoms with van der Waals surface area (Å²) in [7, 11) is 0. The van der Waals surface area contributed by atoms with Crippen LogP contribution in [-0.4, -0.2) is 77.7 Å². The summed E-state index contributed by atoms with van der Waals surface area (Å²) in [6, 6.07) is 3.27. The molecule has 0 aromatic heterocycles. The second kappa shape index (κ2) is 10.8. The van der Waals surface area contributed by atoms with E-state index in [1.807, 2.05) is 0 Å².